The number of rotatable bonds is 1. The summed E-state index contributed by atoms with van der Waals surface area (Å²) >= 11 is 0. The summed E-state index contributed by atoms with van der Waals surface area (Å²) in [5.74, 6) is 0.00644. The van der Waals surface area contributed by atoms with E-state index in [9.17, 15) is 4.79 Å². The highest BCUT2D eigenvalue weighted by Gasteiger charge is 2.39. The average Bonchev–Trinajstić information content (AvgIpc) is 2.65. The minimum atomic E-state index is -0.408. The van der Waals surface area contributed by atoms with Crippen LogP contribution in [0.5, 0.6) is 0 Å². The zero-order valence-electron chi connectivity index (χ0n) is 9.60. The zero-order chi connectivity index (χ0) is 11.9. The average molecular weight is 223 g/mol. The third kappa shape index (κ3) is 1.37. The molecule has 3 rings (SSSR count). The second kappa shape index (κ2) is 3.45. The topological polar surface area (TPSA) is 29.1 Å². The van der Waals surface area contributed by atoms with Crippen molar-refractivity contribution in [2.24, 2.45) is 0 Å². The molecular formula is C15H13NO. The number of hydrogen-bond donors (Lipinski definition) is 1. The molecule has 0 aliphatic carbocycles. The SMILES string of the molecule is CC1(c2ccccc2)NC(=O)c2ccccc21. The van der Waals surface area contributed by atoms with Crippen LogP contribution in [-0.4, -0.2) is 5.91 Å². The zero-order valence-corrected chi connectivity index (χ0v) is 9.60. The van der Waals surface area contributed by atoms with Crippen molar-refractivity contribution in [2.75, 3.05) is 0 Å². The molecular weight excluding hydrogens is 210 g/mol. The molecule has 1 heterocycles. The van der Waals surface area contributed by atoms with Gasteiger partial charge in [-0.1, -0.05) is 48.5 Å². The molecule has 0 spiro atoms. The van der Waals surface area contributed by atoms with Crippen molar-refractivity contribution >= 4 is 5.91 Å². The first-order valence-electron chi connectivity index (χ1n) is 5.69. The molecule has 1 aliphatic rings. The molecule has 0 bridgehead atoms. The van der Waals surface area contributed by atoms with Gasteiger partial charge in [0.15, 0.2) is 0 Å². The summed E-state index contributed by atoms with van der Waals surface area (Å²) in [6.45, 7) is 2.05. The van der Waals surface area contributed by atoms with E-state index in [0.717, 1.165) is 16.7 Å². The van der Waals surface area contributed by atoms with Crippen molar-refractivity contribution in [3.63, 3.8) is 0 Å². The van der Waals surface area contributed by atoms with E-state index in [4.69, 9.17) is 0 Å². The molecule has 2 nitrogen and oxygen atoms in total. The van der Waals surface area contributed by atoms with Crippen molar-refractivity contribution in [1.82, 2.24) is 5.32 Å². The summed E-state index contributed by atoms with van der Waals surface area (Å²) in [5.41, 5.74) is 2.53. The van der Waals surface area contributed by atoms with Gasteiger partial charge in [0.2, 0.25) is 0 Å². The Balaban J connectivity index is 2.21. The number of benzene rings is 2. The molecule has 0 saturated heterocycles. The number of carbonyl (C=O) groups is 1. The molecule has 1 aliphatic heterocycles. The van der Waals surface area contributed by atoms with Crippen LogP contribution >= 0.6 is 0 Å². The third-order valence-electron chi connectivity index (χ3n) is 3.43. The van der Waals surface area contributed by atoms with Gasteiger partial charge in [-0.05, 0) is 24.1 Å². The highest BCUT2D eigenvalue weighted by molar-refractivity contribution is 6.00. The van der Waals surface area contributed by atoms with Gasteiger partial charge in [-0.25, -0.2) is 0 Å². The van der Waals surface area contributed by atoms with Crippen LogP contribution in [-0.2, 0) is 5.54 Å². The van der Waals surface area contributed by atoms with Gasteiger partial charge in [0.25, 0.3) is 5.91 Å². The van der Waals surface area contributed by atoms with E-state index >= 15 is 0 Å². The van der Waals surface area contributed by atoms with Gasteiger partial charge in [0, 0.05) is 5.56 Å². The van der Waals surface area contributed by atoms with E-state index in [-0.39, 0.29) is 5.91 Å². The van der Waals surface area contributed by atoms with E-state index in [1.165, 1.54) is 0 Å². The lowest BCUT2D eigenvalue weighted by atomic mass is 9.85. The Bertz CT molecular complexity index is 576. The van der Waals surface area contributed by atoms with Gasteiger partial charge in [-0.15, -0.1) is 0 Å². The molecule has 0 saturated carbocycles. The first-order chi connectivity index (χ1) is 8.22. The van der Waals surface area contributed by atoms with Gasteiger partial charge in [-0.3, -0.25) is 4.79 Å². The van der Waals surface area contributed by atoms with Crippen LogP contribution in [0.25, 0.3) is 0 Å². The van der Waals surface area contributed by atoms with E-state index in [1.807, 2.05) is 61.5 Å². The third-order valence-corrected chi connectivity index (χ3v) is 3.43. The fraction of sp³-hybridized carbons (Fsp3) is 0.133. The molecule has 0 aromatic heterocycles. The Labute approximate surface area is 100 Å². The van der Waals surface area contributed by atoms with Gasteiger partial charge in [0.1, 0.15) is 0 Å². The largest absolute Gasteiger partial charge is 0.339 e. The van der Waals surface area contributed by atoms with Gasteiger partial charge in [-0.2, -0.15) is 0 Å². The molecule has 1 unspecified atom stereocenters. The maximum absolute atomic E-state index is 11.9. The quantitative estimate of drug-likeness (QED) is 0.791. The number of amides is 1. The first kappa shape index (κ1) is 10.1. The summed E-state index contributed by atoms with van der Waals surface area (Å²) < 4.78 is 0. The highest BCUT2D eigenvalue weighted by atomic mass is 16.2. The standard InChI is InChI=1S/C15H13NO/c1-15(11-7-3-2-4-8-11)13-10-6-5-9-12(13)14(17)16-15/h2-10H,1H3,(H,16,17). The Morgan fingerprint density at radius 1 is 0.941 bits per heavy atom. The van der Waals surface area contributed by atoms with Crippen molar-refractivity contribution in [3.05, 3.63) is 71.3 Å². The monoisotopic (exact) mass is 223 g/mol. The lowest BCUT2D eigenvalue weighted by molar-refractivity contribution is 0.0945. The van der Waals surface area contributed by atoms with E-state index in [2.05, 4.69) is 5.32 Å². The second-order valence-corrected chi connectivity index (χ2v) is 4.49. The maximum atomic E-state index is 11.9. The highest BCUT2D eigenvalue weighted by Crippen LogP contribution is 2.36. The lowest BCUT2D eigenvalue weighted by Gasteiger charge is -2.26. The van der Waals surface area contributed by atoms with E-state index in [1.54, 1.807) is 0 Å². The molecule has 1 N–H and O–H groups in total. The van der Waals surface area contributed by atoms with Crippen LogP contribution in [0.3, 0.4) is 0 Å². The van der Waals surface area contributed by atoms with Crippen molar-refractivity contribution in [2.45, 2.75) is 12.5 Å². The van der Waals surface area contributed by atoms with Gasteiger partial charge >= 0.3 is 0 Å². The number of fused-ring (bicyclic) bond motifs is 1. The van der Waals surface area contributed by atoms with E-state index < -0.39 is 5.54 Å². The van der Waals surface area contributed by atoms with Gasteiger partial charge in [0.05, 0.1) is 5.54 Å². The summed E-state index contributed by atoms with van der Waals surface area (Å²) in [6, 6.07) is 17.8. The Morgan fingerprint density at radius 2 is 1.59 bits per heavy atom. The fourth-order valence-electron chi connectivity index (χ4n) is 2.48. The van der Waals surface area contributed by atoms with Gasteiger partial charge < -0.3 is 5.32 Å². The van der Waals surface area contributed by atoms with Crippen LogP contribution in [0.1, 0.15) is 28.4 Å². The maximum Gasteiger partial charge on any atom is 0.252 e. The lowest BCUT2D eigenvalue weighted by Crippen LogP contribution is -2.37. The molecule has 2 heteroatoms. The predicted molar refractivity (Wildman–Crippen MR) is 66.8 cm³/mol. The van der Waals surface area contributed by atoms with Crippen LogP contribution in [0, 0.1) is 0 Å². The molecule has 17 heavy (non-hydrogen) atoms. The smallest absolute Gasteiger partial charge is 0.252 e. The number of hydrogen-bond acceptors (Lipinski definition) is 1. The number of nitrogens with one attached hydrogen (secondary N) is 1. The first-order valence-corrected chi connectivity index (χ1v) is 5.69. The van der Waals surface area contributed by atoms with E-state index in [0.29, 0.717) is 0 Å². The molecule has 2 aromatic rings. The van der Waals surface area contributed by atoms with Crippen molar-refractivity contribution in [3.8, 4) is 0 Å². The fourth-order valence-corrected chi connectivity index (χ4v) is 2.48. The van der Waals surface area contributed by atoms with Crippen molar-refractivity contribution < 1.29 is 4.79 Å². The summed E-state index contributed by atoms with van der Waals surface area (Å²) in [6.07, 6.45) is 0. The Hall–Kier alpha value is -2.09. The second-order valence-electron chi connectivity index (χ2n) is 4.49. The Kier molecular flexibility index (Phi) is 2.05. The molecule has 1 atom stereocenters. The molecule has 0 fully saturated rings. The summed E-state index contributed by atoms with van der Waals surface area (Å²) in [4.78, 5) is 11.9. The van der Waals surface area contributed by atoms with Crippen LogP contribution < -0.4 is 5.32 Å². The minimum Gasteiger partial charge on any atom is -0.339 e. The molecule has 0 radical (unpaired) electrons. The predicted octanol–water partition coefficient (Wildman–Crippen LogP) is 2.69. The number of carbonyl (C=O) groups excluding carboxylic acids is 1. The molecule has 84 valence electrons. The Morgan fingerprint density at radius 3 is 2.35 bits per heavy atom. The minimum absolute atomic E-state index is 0.00644. The molecule has 1 amide bonds. The van der Waals surface area contributed by atoms with Crippen molar-refractivity contribution in [1.29, 1.82) is 0 Å². The normalized spacial score (nSPS) is 22.1. The van der Waals surface area contributed by atoms with Crippen LogP contribution in [0.4, 0.5) is 0 Å². The molecule has 2 aromatic carbocycles. The summed E-state index contributed by atoms with van der Waals surface area (Å²) in [5, 5.41) is 3.07. The van der Waals surface area contributed by atoms with Crippen LogP contribution in [0.2, 0.25) is 0 Å². The van der Waals surface area contributed by atoms with Crippen LogP contribution in [0.15, 0.2) is 54.6 Å². The summed E-state index contributed by atoms with van der Waals surface area (Å²) in [7, 11) is 0.